The first kappa shape index (κ1) is 22.2. The number of amides is 2. The molecule has 1 saturated carbocycles. The summed E-state index contributed by atoms with van der Waals surface area (Å²) in [5, 5.41) is 6.28. The van der Waals surface area contributed by atoms with Crippen molar-refractivity contribution in [2.45, 2.75) is 58.4 Å². The Morgan fingerprint density at radius 3 is 2.78 bits per heavy atom. The van der Waals surface area contributed by atoms with Crippen LogP contribution in [0.25, 0.3) is 22.4 Å². The second-order valence-electron chi connectivity index (χ2n) is 8.64. The second kappa shape index (κ2) is 9.24. The smallest absolute Gasteiger partial charge is 0.228 e. The summed E-state index contributed by atoms with van der Waals surface area (Å²) in [6.45, 7) is 5.64. The summed E-state index contributed by atoms with van der Waals surface area (Å²) < 4.78 is 0. The van der Waals surface area contributed by atoms with Crippen LogP contribution in [0.15, 0.2) is 24.4 Å². The van der Waals surface area contributed by atoms with Gasteiger partial charge in [-0.25, -0.2) is 15.0 Å². The molecule has 4 rings (SSSR count). The number of nitrogens with zero attached hydrogens (tertiary/aromatic N) is 3. The van der Waals surface area contributed by atoms with Crippen LogP contribution >= 0.6 is 11.6 Å². The fraction of sp³-hybridized carbons (Fsp3) is 0.435. The third-order valence-corrected chi connectivity index (χ3v) is 6.04. The minimum Gasteiger partial charge on any atom is -0.354 e. The van der Waals surface area contributed by atoms with E-state index >= 15 is 0 Å². The molecule has 0 bridgehead atoms. The Labute approximate surface area is 191 Å². The lowest BCUT2D eigenvalue weighted by molar-refractivity contribution is -0.123. The van der Waals surface area contributed by atoms with Crippen molar-refractivity contribution < 1.29 is 9.59 Å². The van der Waals surface area contributed by atoms with E-state index in [1.807, 2.05) is 12.1 Å². The number of aromatic nitrogens is 4. The summed E-state index contributed by atoms with van der Waals surface area (Å²) in [5.74, 6) is 1.23. The van der Waals surface area contributed by atoms with Crippen molar-refractivity contribution in [3.05, 3.63) is 35.2 Å². The molecule has 3 heterocycles. The quantitative estimate of drug-likeness (QED) is 0.527. The van der Waals surface area contributed by atoms with Gasteiger partial charge in [0.15, 0.2) is 5.65 Å². The van der Waals surface area contributed by atoms with Crippen LogP contribution in [0.4, 0.5) is 5.82 Å². The minimum absolute atomic E-state index is 0.0341. The monoisotopic (exact) mass is 454 g/mol. The highest BCUT2D eigenvalue weighted by atomic mass is 35.5. The van der Waals surface area contributed by atoms with Gasteiger partial charge in [-0.1, -0.05) is 31.9 Å². The van der Waals surface area contributed by atoms with E-state index in [0.717, 1.165) is 30.6 Å². The summed E-state index contributed by atoms with van der Waals surface area (Å²) in [6, 6.07) is 5.53. The molecule has 3 aromatic rings. The van der Waals surface area contributed by atoms with E-state index in [9.17, 15) is 9.59 Å². The number of pyridine rings is 2. The number of fused-ring (bicyclic) bond motifs is 1. The van der Waals surface area contributed by atoms with Crippen molar-refractivity contribution >= 4 is 40.4 Å². The summed E-state index contributed by atoms with van der Waals surface area (Å²) in [4.78, 5) is 41.0. The third-order valence-electron chi connectivity index (χ3n) is 5.74. The van der Waals surface area contributed by atoms with Crippen molar-refractivity contribution in [3.8, 4) is 11.3 Å². The van der Waals surface area contributed by atoms with E-state index in [1.54, 1.807) is 6.07 Å². The first-order chi connectivity index (χ1) is 15.3. The van der Waals surface area contributed by atoms with Crippen LogP contribution in [0.2, 0.25) is 5.02 Å². The zero-order valence-electron chi connectivity index (χ0n) is 18.4. The molecule has 9 heteroatoms. The van der Waals surface area contributed by atoms with Crippen LogP contribution in [-0.2, 0) is 9.59 Å². The molecule has 1 fully saturated rings. The fourth-order valence-corrected chi connectivity index (χ4v) is 4.31. The molecule has 2 atom stereocenters. The van der Waals surface area contributed by atoms with E-state index in [1.165, 1.54) is 13.1 Å². The maximum Gasteiger partial charge on any atom is 0.228 e. The van der Waals surface area contributed by atoms with Gasteiger partial charge in [-0.3, -0.25) is 9.59 Å². The van der Waals surface area contributed by atoms with E-state index < -0.39 is 0 Å². The lowest BCUT2D eigenvalue weighted by Gasteiger charge is -2.28. The number of carbonyl (C=O) groups excluding carboxylic acids is 2. The molecule has 2 amide bonds. The van der Waals surface area contributed by atoms with Crippen LogP contribution in [-0.4, -0.2) is 37.8 Å². The van der Waals surface area contributed by atoms with E-state index in [0.29, 0.717) is 34.2 Å². The van der Waals surface area contributed by atoms with Crippen LogP contribution < -0.4 is 10.6 Å². The van der Waals surface area contributed by atoms with E-state index in [-0.39, 0.29) is 29.7 Å². The number of rotatable bonds is 5. The zero-order chi connectivity index (χ0) is 22.8. The van der Waals surface area contributed by atoms with Gasteiger partial charge < -0.3 is 15.6 Å². The van der Waals surface area contributed by atoms with Gasteiger partial charge in [-0.05, 0) is 37.5 Å². The first-order valence-electron chi connectivity index (χ1n) is 10.9. The van der Waals surface area contributed by atoms with Gasteiger partial charge in [0.25, 0.3) is 0 Å². The molecule has 0 spiro atoms. The van der Waals surface area contributed by atoms with Crippen molar-refractivity contribution in [3.63, 3.8) is 0 Å². The molecule has 0 aromatic carbocycles. The van der Waals surface area contributed by atoms with Gasteiger partial charge in [0.2, 0.25) is 11.8 Å². The van der Waals surface area contributed by atoms with Crippen LogP contribution in [0.1, 0.15) is 58.2 Å². The Balaban J connectivity index is 1.53. The maximum atomic E-state index is 12.8. The number of carbonyl (C=O) groups is 2. The zero-order valence-corrected chi connectivity index (χ0v) is 19.2. The minimum atomic E-state index is -0.171. The highest BCUT2D eigenvalue weighted by Gasteiger charge is 2.28. The van der Waals surface area contributed by atoms with Gasteiger partial charge in [-0.15, -0.1) is 0 Å². The number of hydrogen-bond donors (Lipinski definition) is 3. The number of aromatic amines is 1. The molecule has 1 aliphatic rings. The molecule has 168 valence electrons. The highest BCUT2D eigenvalue weighted by molar-refractivity contribution is 6.33. The number of nitrogens with one attached hydrogen (secondary N) is 3. The van der Waals surface area contributed by atoms with Crippen molar-refractivity contribution in [1.82, 2.24) is 25.3 Å². The average molecular weight is 455 g/mol. The predicted molar refractivity (Wildman–Crippen MR) is 124 cm³/mol. The Kier molecular flexibility index (Phi) is 6.41. The lowest BCUT2D eigenvalue weighted by atomic mass is 9.85. The molecular formula is C23H27ClN6O2. The Morgan fingerprint density at radius 2 is 2.03 bits per heavy atom. The second-order valence-corrected chi connectivity index (χ2v) is 9.05. The summed E-state index contributed by atoms with van der Waals surface area (Å²) in [7, 11) is 0. The molecular weight excluding hydrogens is 428 g/mol. The Hall–Kier alpha value is -3.00. The maximum absolute atomic E-state index is 12.8. The molecule has 0 radical (unpaired) electrons. The summed E-state index contributed by atoms with van der Waals surface area (Å²) >= 11 is 6.41. The van der Waals surface area contributed by atoms with Gasteiger partial charge in [-0.2, -0.15) is 0 Å². The molecule has 0 aliphatic heterocycles. The van der Waals surface area contributed by atoms with Gasteiger partial charge >= 0.3 is 0 Å². The van der Waals surface area contributed by atoms with Crippen molar-refractivity contribution in [2.75, 3.05) is 5.32 Å². The topological polar surface area (TPSA) is 113 Å². The molecule has 2 unspecified atom stereocenters. The van der Waals surface area contributed by atoms with Gasteiger partial charge in [0.1, 0.15) is 17.2 Å². The molecule has 3 N–H and O–H groups in total. The summed E-state index contributed by atoms with van der Waals surface area (Å²) in [6.07, 6.45) is 4.73. The van der Waals surface area contributed by atoms with Crippen molar-refractivity contribution in [1.29, 1.82) is 0 Å². The van der Waals surface area contributed by atoms with Gasteiger partial charge in [0, 0.05) is 36.6 Å². The van der Waals surface area contributed by atoms with Crippen LogP contribution in [0, 0.1) is 5.92 Å². The SMILES string of the molecule is CC(=O)NC1CCCC(C(=O)Nc2cc(-c3ccc4nc(C(C)C)[nH]c4n3)c(Cl)cn2)C1. The van der Waals surface area contributed by atoms with E-state index in [4.69, 9.17) is 11.6 Å². The molecule has 3 aromatic heterocycles. The van der Waals surface area contributed by atoms with Crippen LogP contribution in [0.3, 0.4) is 0 Å². The van der Waals surface area contributed by atoms with E-state index in [2.05, 4.69) is 44.4 Å². The third kappa shape index (κ3) is 4.91. The lowest BCUT2D eigenvalue weighted by Crippen LogP contribution is -2.40. The normalized spacial score (nSPS) is 18.7. The van der Waals surface area contributed by atoms with Gasteiger partial charge in [0.05, 0.1) is 10.7 Å². The Bertz CT molecular complexity index is 1160. The number of imidazole rings is 1. The predicted octanol–water partition coefficient (Wildman–Crippen LogP) is 4.43. The number of anilines is 1. The largest absolute Gasteiger partial charge is 0.354 e. The Morgan fingerprint density at radius 1 is 1.22 bits per heavy atom. The molecule has 1 aliphatic carbocycles. The molecule has 8 nitrogen and oxygen atoms in total. The number of halogens is 1. The number of H-pyrrole nitrogens is 1. The summed E-state index contributed by atoms with van der Waals surface area (Å²) in [5.41, 5.74) is 2.83. The number of hydrogen-bond acceptors (Lipinski definition) is 5. The molecule has 32 heavy (non-hydrogen) atoms. The average Bonchev–Trinajstić information content (AvgIpc) is 3.18. The fourth-order valence-electron chi connectivity index (χ4n) is 4.11. The van der Waals surface area contributed by atoms with Crippen molar-refractivity contribution in [2.24, 2.45) is 5.92 Å². The first-order valence-corrected chi connectivity index (χ1v) is 11.3. The highest BCUT2D eigenvalue weighted by Crippen LogP contribution is 2.30. The standard InChI is InChI=1S/C23H27ClN6O2/c1-12(2)21-28-19-8-7-18(27-22(19)30-21)16-10-20(25-11-17(16)24)29-23(32)14-5-4-6-15(9-14)26-13(3)31/h7-8,10-12,14-15H,4-6,9H2,1-3H3,(H,26,31)(H,25,29,32)(H,27,28,30). The van der Waals surface area contributed by atoms with Crippen LogP contribution in [0.5, 0.6) is 0 Å². The molecule has 0 saturated heterocycles.